The zero-order valence-corrected chi connectivity index (χ0v) is 13.7. The average Bonchev–Trinajstić information content (AvgIpc) is 2.51. The minimum absolute atomic E-state index is 0.231. The van der Waals surface area contributed by atoms with Gasteiger partial charge in [0.1, 0.15) is 18.6 Å². The summed E-state index contributed by atoms with van der Waals surface area (Å²) in [5.41, 5.74) is 0. The van der Waals surface area contributed by atoms with Gasteiger partial charge in [-0.1, -0.05) is 13.3 Å². The van der Waals surface area contributed by atoms with Crippen molar-refractivity contribution in [3.63, 3.8) is 0 Å². The molecule has 2 atom stereocenters. The minimum Gasteiger partial charge on any atom is -0.468 e. The second-order valence-corrected chi connectivity index (χ2v) is 4.79. The third-order valence-corrected chi connectivity index (χ3v) is 2.98. The van der Waals surface area contributed by atoms with Crippen molar-refractivity contribution in [1.29, 1.82) is 0 Å². The van der Waals surface area contributed by atoms with Crippen molar-refractivity contribution in [2.45, 2.75) is 38.8 Å². The average molecular weight is 317 g/mol. The van der Waals surface area contributed by atoms with Gasteiger partial charge in [0.25, 0.3) is 0 Å². The number of unbranched alkanes of at least 4 members (excludes halogenated alkanes) is 1. The summed E-state index contributed by atoms with van der Waals surface area (Å²) < 4.78 is 9.81. The Morgan fingerprint density at radius 1 is 1.18 bits per heavy atom. The first kappa shape index (κ1) is 20.3. The fraction of sp³-hybridized carbons (Fsp3) is 0.786. The van der Waals surface area contributed by atoms with Crippen LogP contribution in [-0.2, 0) is 23.9 Å². The molecule has 128 valence electrons. The molecule has 0 aliphatic rings. The molecule has 0 saturated heterocycles. The van der Waals surface area contributed by atoms with Crippen LogP contribution in [0.2, 0.25) is 0 Å². The van der Waals surface area contributed by atoms with Crippen molar-refractivity contribution < 1.29 is 23.9 Å². The van der Waals surface area contributed by atoms with Crippen LogP contribution >= 0.6 is 0 Å². The van der Waals surface area contributed by atoms with Crippen LogP contribution in [0.3, 0.4) is 0 Å². The van der Waals surface area contributed by atoms with Crippen LogP contribution in [0.5, 0.6) is 0 Å². The Kier molecular flexibility index (Phi) is 11.0. The number of amides is 2. The number of hydrogen-bond acceptors (Lipinski definition) is 6. The summed E-state index contributed by atoms with van der Waals surface area (Å²) in [5.74, 6) is -1.34. The number of likely N-dealkylation sites (N-methyl/N-ethyl adjacent to an activating group) is 1. The normalized spacial score (nSPS) is 13.1. The molecule has 0 aromatic carbocycles. The van der Waals surface area contributed by atoms with Crippen LogP contribution in [-0.4, -0.2) is 63.8 Å². The predicted molar refractivity (Wildman–Crippen MR) is 81.2 cm³/mol. The quantitative estimate of drug-likeness (QED) is 0.340. The number of ether oxygens (including phenoxy) is 2. The van der Waals surface area contributed by atoms with E-state index in [1.807, 2.05) is 0 Å². The number of carbonyl (C=O) groups excluding carboxylic acids is 3. The lowest BCUT2D eigenvalue weighted by Gasteiger charge is -2.19. The van der Waals surface area contributed by atoms with Crippen molar-refractivity contribution in [3.8, 4) is 0 Å². The molecule has 0 bridgehead atoms. The van der Waals surface area contributed by atoms with Gasteiger partial charge in [0.2, 0.25) is 11.8 Å². The lowest BCUT2D eigenvalue weighted by Crippen LogP contribution is -2.52. The van der Waals surface area contributed by atoms with Crippen LogP contribution in [0.15, 0.2) is 0 Å². The molecule has 0 saturated carbocycles. The molecule has 0 rings (SSSR count). The van der Waals surface area contributed by atoms with Crippen molar-refractivity contribution in [2.75, 3.05) is 33.9 Å². The third kappa shape index (κ3) is 8.58. The summed E-state index contributed by atoms with van der Waals surface area (Å²) in [6, 6.07) is -1.30. The van der Waals surface area contributed by atoms with E-state index in [2.05, 4.69) is 27.6 Å². The first-order chi connectivity index (χ1) is 10.5. The monoisotopic (exact) mass is 317 g/mol. The lowest BCUT2D eigenvalue weighted by atomic mass is 10.2. The van der Waals surface area contributed by atoms with Crippen LogP contribution in [0.4, 0.5) is 0 Å². The molecule has 0 spiro atoms. The summed E-state index contributed by atoms with van der Waals surface area (Å²) in [7, 11) is 2.88. The fourth-order valence-corrected chi connectivity index (χ4v) is 1.50. The maximum absolute atomic E-state index is 12.0. The summed E-state index contributed by atoms with van der Waals surface area (Å²) >= 11 is 0. The van der Waals surface area contributed by atoms with Crippen molar-refractivity contribution >= 4 is 17.8 Å². The molecule has 0 unspecified atom stereocenters. The minimum atomic E-state index is -0.761. The lowest BCUT2D eigenvalue weighted by molar-refractivity contribution is -0.141. The second-order valence-electron chi connectivity index (χ2n) is 4.79. The van der Waals surface area contributed by atoms with E-state index in [-0.39, 0.29) is 19.1 Å². The SMILES string of the molecule is CCCCOC[C@@H](NC)C(=O)N[C@H](C)C(=O)NCC(=O)OC. The highest BCUT2D eigenvalue weighted by Gasteiger charge is 2.22. The Morgan fingerprint density at radius 3 is 2.41 bits per heavy atom. The van der Waals surface area contributed by atoms with Crippen LogP contribution in [0.1, 0.15) is 26.7 Å². The van der Waals surface area contributed by atoms with Gasteiger partial charge in [0, 0.05) is 6.61 Å². The number of nitrogens with one attached hydrogen (secondary N) is 3. The Morgan fingerprint density at radius 2 is 1.86 bits per heavy atom. The number of hydrogen-bond donors (Lipinski definition) is 3. The van der Waals surface area contributed by atoms with Gasteiger partial charge in [-0.15, -0.1) is 0 Å². The van der Waals surface area contributed by atoms with Gasteiger partial charge < -0.3 is 25.4 Å². The number of esters is 1. The fourth-order valence-electron chi connectivity index (χ4n) is 1.50. The molecule has 3 N–H and O–H groups in total. The summed E-state index contributed by atoms with van der Waals surface area (Å²) in [4.78, 5) is 34.7. The summed E-state index contributed by atoms with van der Waals surface area (Å²) in [5, 5.41) is 7.78. The molecule has 0 fully saturated rings. The van der Waals surface area contributed by atoms with Crippen molar-refractivity contribution in [2.24, 2.45) is 0 Å². The molecule has 0 radical (unpaired) electrons. The Balaban J connectivity index is 4.18. The number of methoxy groups -OCH3 is 1. The van der Waals surface area contributed by atoms with Gasteiger partial charge in [0.15, 0.2) is 0 Å². The van der Waals surface area contributed by atoms with Gasteiger partial charge in [-0.2, -0.15) is 0 Å². The molecule has 8 heteroatoms. The first-order valence-corrected chi connectivity index (χ1v) is 7.36. The molecule has 22 heavy (non-hydrogen) atoms. The van der Waals surface area contributed by atoms with E-state index in [9.17, 15) is 14.4 Å². The highest BCUT2D eigenvalue weighted by molar-refractivity contribution is 5.90. The standard InChI is InChI=1S/C14H27N3O5/c1-5-6-7-22-9-11(15-3)14(20)17-10(2)13(19)16-8-12(18)21-4/h10-11,15H,5-9H2,1-4H3,(H,16,19)(H,17,20)/t10-,11-/m1/s1. The van der Waals surface area contributed by atoms with E-state index in [4.69, 9.17) is 4.74 Å². The van der Waals surface area contributed by atoms with Crippen LogP contribution < -0.4 is 16.0 Å². The second kappa shape index (κ2) is 11.9. The highest BCUT2D eigenvalue weighted by atomic mass is 16.5. The topological polar surface area (TPSA) is 106 Å². The smallest absolute Gasteiger partial charge is 0.325 e. The van der Waals surface area contributed by atoms with E-state index >= 15 is 0 Å². The third-order valence-electron chi connectivity index (χ3n) is 2.98. The first-order valence-electron chi connectivity index (χ1n) is 7.36. The summed E-state index contributed by atoms with van der Waals surface area (Å²) in [6.07, 6.45) is 1.96. The van der Waals surface area contributed by atoms with E-state index in [0.29, 0.717) is 6.61 Å². The molecule has 0 aromatic rings. The molecule has 0 heterocycles. The number of rotatable bonds is 11. The van der Waals surface area contributed by atoms with Crippen LogP contribution in [0.25, 0.3) is 0 Å². The predicted octanol–water partition coefficient (Wildman–Crippen LogP) is -0.815. The zero-order chi connectivity index (χ0) is 17.0. The van der Waals surface area contributed by atoms with Gasteiger partial charge in [-0.3, -0.25) is 14.4 Å². The molecular weight excluding hydrogens is 290 g/mol. The Bertz CT molecular complexity index is 362. The molecule has 8 nitrogen and oxygen atoms in total. The largest absolute Gasteiger partial charge is 0.468 e. The molecule has 0 aliphatic heterocycles. The Labute approximate surface area is 131 Å². The van der Waals surface area contributed by atoms with E-state index < -0.39 is 24.0 Å². The van der Waals surface area contributed by atoms with E-state index in [0.717, 1.165) is 12.8 Å². The van der Waals surface area contributed by atoms with Crippen molar-refractivity contribution in [3.05, 3.63) is 0 Å². The number of carbonyl (C=O) groups is 3. The van der Waals surface area contributed by atoms with E-state index in [1.165, 1.54) is 14.0 Å². The molecule has 0 aromatic heterocycles. The zero-order valence-electron chi connectivity index (χ0n) is 13.7. The summed E-state index contributed by atoms with van der Waals surface area (Å²) in [6.45, 7) is 4.19. The molecule has 0 aliphatic carbocycles. The van der Waals surface area contributed by atoms with Gasteiger partial charge in [-0.25, -0.2) is 0 Å². The molecule has 2 amide bonds. The molecular formula is C14H27N3O5. The van der Waals surface area contributed by atoms with Crippen molar-refractivity contribution in [1.82, 2.24) is 16.0 Å². The Hall–Kier alpha value is -1.67. The maximum atomic E-state index is 12.0. The van der Waals surface area contributed by atoms with Gasteiger partial charge in [-0.05, 0) is 20.4 Å². The highest BCUT2D eigenvalue weighted by Crippen LogP contribution is 1.93. The maximum Gasteiger partial charge on any atom is 0.325 e. The van der Waals surface area contributed by atoms with Crippen LogP contribution in [0, 0.1) is 0 Å². The van der Waals surface area contributed by atoms with E-state index in [1.54, 1.807) is 7.05 Å². The van der Waals surface area contributed by atoms with Gasteiger partial charge in [0.05, 0.1) is 13.7 Å². The van der Waals surface area contributed by atoms with Gasteiger partial charge >= 0.3 is 5.97 Å².